The largest absolute Gasteiger partial charge is 0.434 e. The van der Waals surface area contributed by atoms with E-state index in [1.54, 1.807) is 19.3 Å². The highest BCUT2D eigenvalue weighted by Gasteiger charge is 2.26. The molecule has 0 aliphatic heterocycles. The average Bonchev–Trinajstić information content (AvgIpc) is 3.44. The average molecular weight is 519 g/mol. The minimum absolute atomic E-state index is 0.145. The highest BCUT2D eigenvalue weighted by Crippen LogP contribution is 2.42. The minimum Gasteiger partial charge on any atom is -0.434 e. The number of alkyl halides is 2. The van der Waals surface area contributed by atoms with Crippen molar-refractivity contribution in [3.05, 3.63) is 64.5 Å². The van der Waals surface area contributed by atoms with E-state index < -0.39 is 18.3 Å². The number of aliphatic hydroxyl groups is 1. The number of pyridine rings is 1. The predicted octanol–water partition coefficient (Wildman–Crippen LogP) is 6.76. The SMILES string of the molecule is Cc1c(-c2cnc3[nH]cc([C@@H](C)c4c(OC(F)F)ccc(F)c4Cl)c3c2)cnn1C1CCC(O)CC1. The van der Waals surface area contributed by atoms with Gasteiger partial charge in [0.25, 0.3) is 0 Å². The van der Waals surface area contributed by atoms with Crippen LogP contribution in [0.3, 0.4) is 0 Å². The molecule has 3 aromatic heterocycles. The van der Waals surface area contributed by atoms with Crippen LogP contribution < -0.4 is 4.74 Å². The number of aromatic nitrogens is 4. The second-order valence-corrected chi connectivity index (χ2v) is 9.67. The summed E-state index contributed by atoms with van der Waals surface area (Å²) in [4.78, 5) is 7.66. The van der Waals surface area contributed by atoms with Gasteiger partial charge in [-0.15, -0.1) is 0 Å². The van der Waals surface area contributed by atoms with Crippen molar-refractivity contribution in [3.8, 4) is 16.9 Å². The van der Waals surface area contributed by atoms with Crippen molar-refractivity contribution >= 4 is 22.6 Å². The van der Waals surface area contributed by atoms with Crippen molar-refractivity contribution in [2.75, 3.05) is 0 Å². The van der Waals surface area contributed by atoms with Crippen molar-refractivity contribution in [3.63, 3.8) is 0 Å². The quantitative estimate of drug-likeness (QED) is 0.296. The molecule has 1 fully saturated rings. The van der Waals surface area contributed by atoms with E-state index >= 15 is 0 Å². The van der Waals surface area contributed by atoms with Crippen LogP contribution in [-0.2, 0) is 0 Å². The molecule has 1 aromatic carbocycles. The summed E-state index contributed by atoms with van der Waals surface area (Å²) in [7, 11) is 0. The van der Waals surface area contributed by atoms with Gasteiger partial charge in [0.1, 0.15) is 17.2 Å². The third-order valence-electron chi connectivity index (χ3n) is 7.14. The van der Waals surface area contributed by atoms with Gasteiger partial charge in [-0.1, -0.05) is 18.5 Å². The van der Waals surface area contributed by atoms with E-state index in [4.69, 9.17) is 11.6 Å². The van der Waals surface area contributed by atoms with Crippen LogP contribution in [0, 0.1) is 12.7 Å². The molecule has 1 saturated carbocycles. The highest BCUT2D eigenvalue weighted by molar-refractivity contribution is 6.31. The fraction of sp³-hybridized carbons (Fsp3) is 0.385. The van der Waals surface area contributed by atoms with Crippen LogP contribution in [0.5, 0.6) is 5.75 Å². The summed E-state index contributed by atoms with van der Waals surface area (Å²) in [6.45, 7) is 0.703. The Kier molecular flexibility index (Phi) is 6.70. The summed E-state index contributed by atoms with van der Waals surface area (Å²) in [6, 6.07) is 4.38. The molecule has 0 unspecified atom stereocenters. The zero-order valence-corrected chi connectivity index (χ0v) is 20.6. The molecular weight excluding hydrogens is 493 g/mol. The lowest BCUT2D eigenvalue weighted by molar-refractivity contribution is -0.0505. The number of aromatic amines is 1. The number of rotatable bonds is 6. The smallest absolute Gasteiger partial charge is 0.387 e. The molecule has 5 rings (SSSR count). The van der Waals surface area contributed by atoms with Crippen LogP contribution in [0.25, 0.3) is 22.2 Å². The number of aliphatic hydroxyl groups excluding tert-OH is 1. The van der Waals surface area contributed by atoms with E-state index in [0.717, 1.165) is 59.5 Å². The van der Waals surface area contributed by atoms with Crippen LogP contribution in [0.4, 0.5) is 13.2 Å². The number of H-pyrrole nitrogens is 1. The van der Waals surface area contributed by atoms with Gasteiger partial charge < -0.3 is 14.8 Å². The van der Waals surface area contributed by atoms with Gasteiger partial charge in [0.05, 0.1) is 23.4 Å². The molecule has 0 radical (unpaired) electrons. The molecule has 1 atom stereocenters. The van der Waals surface area contributed by atoms with Gasteiger partial charge in [0.15, 0.2) is 0 Å². The lowest BCUT2D eigenvalue weighted by Gasteiger charge is -2.26. The first kappa shape index (κ1) is 24.6. The molecule has 0 bridgehead atoms. The van der Waals surface area contributed by atoms with E-state index in [0.29, 0.717) is 5.65 Å². The molecule has 0 saturated heterocycles. The minimum atomic E-state index is -3.07. The standard InChI is InChI=1S/C26H26ClF3N4O2/c1-13(23-22(36-26(29)30)8-7-21(28)24(23)27)19-11-32-25-18(19)9-15(10-31-25)20-12-33-34(14(20)2)16-3-5-17(35)6-4-16/h7-13,16-17,26,35H,3-6H2,1-2H3,(H,31,32)/t13-,16?,17?/m1/s1. The van der Waals surface area contributed by atoms with E-state index in [-0.39, 0.29) is 28.5 Å². The van der Waals surface area contributed by atoms with Crippen molar-refractivity contribution < 1.29 is 23.0 Å². The first-order valence-corrected chi connectivity index (χ1v) is 12.2. The number of benzene rings is 1. The first-order chi connectivity index (χ1) is 17.2. The Morgan fingerprint density at radius 2 is 1.94 bits per heavy atom. The molecular formula is C26H26ClF3N4O2. The summed E-state index contributed by atoms with van der Waals surface area (Å²) < 4.78 is 47.0. The summed E-state index contributed by atoms with van der Waals surface area (Å²) in [5.41, 5.74) is 4.26. The number of hydrogen-bond donors (Lipinski definition) is 2. The number of ether oxygens (including phenoxy) is 1. The molecule has 0 spiro atoms. The molecule has 4 aromatic rings. The zero-order chi connectivity index (χ0) is 25.6. The number of halogens is 4. The third-order valence-corrected chi connectivity index (χ3v) is 7.52. The van der Waals surface area contributed by atoms with Crippen molar-refractivity contribution in [2.45, 2.75) is 64.2 Å². The van der Waals surface area contributed by atoms with E-state index in [1.165, 1.54) is 6.07 Å². The second-order valence-electron chi connectivity index (χ2n) is 9.29. The van der Waals surface area contributed by atoms with Gasteiger partial charge in [0, 0.05) is 46.1 Å². The van der Waals surface area contributed by atoms with Crippen molar-refractivity contribution in [2.24, 2.45) is 0 Å². The topological polar surface area (TPSA) is 76.0 Å². The Bertz CT molecular complexity index is 1400. The molecule has 10 heteroatoms. The fourth-order valence-corrected chi connectivity index (χ4v) is 5.53. The summed E-state index contributed by atoms with van der Waals surface area (Å²) in [5, 5.41) is 15.0. The van der Waals surface area contributed by atoms with Crippen molar-refractivity contribution in [1.82, 2.24) is 19.7 Å². The van der Waals surface area contributed by atoms with Gasteiger partial charge in [-0.25, -0.2) is 9.37 Å². The first-order valence-electron chi connectivity index (χ1n) is 11.9. The van der Waals surface area contributed by atoms with Gasteiger partial charge in [-0.2, -0.15) is 13.9 Å². The Morgan fingerprint density at radius 1 is 1.19 bits per heavy atom. The number of nitrogens with zero attached hydrogens (tertiary/aromatic N) is 3. The lowest BCUT2D eigenvalue weighted by atomic mass is 9.91. The molecule has 0 amide bonds. The molecule has 190 valence electrons. The summed E-state index contributed by atoms with van der Waals surface area (Å²) in [6.07, 6.45) is 8.33. The van der Waals surface area contributed by atoms with Gasteiger partial charge in [0.2, 0.25) is 0 Å². The molecule has 36 heavy (non-hydrogen) atoms. The number of fused-ring (bicyclic) bond motifs is 1. The van der Waals surface area contributed by atoms with Gasteiger partial charge >= 0.3 is 6.61 Å². The monoisotopic (exact) mass is 518 g/mol. The van der Waals surface area contributed by atoms with E-state index in [9.17, 15) is 18.3 Å². The van der Waals surface area contributed by atoms with Crippen LogP contribution >= 0.6 is 11.6 Å². The Morgan fingerprint density at radius 3 is 2.67 bits per heavy atom. The normalized spacial score (nSPS) is 19.2. The highest BCUT2D eigenvalue weighted by atomic mass is 35.5. The zero-order valence-electron chi connectivity index (χ0n) is 19.8. The maximum atomic E-state index is 14.3. The predicted molar refractivity (Wildman–Crippen MR) is 131 cm³/mol. The maximum Gasteiger partial charge on any atom is 0.387 e. The fourth-order valence-electron chi connectivity index (χ4n) is 5.21. The number of hydrogen-bond acceptors (Lipinski definition) is 4. The van der Waals surface area contributed by atoms with Gasteiger partial charge in [-0.3, -0.25) is 4.68 Å². The molecule has 3 heterocycles. The molecule has 1 aliphatic carbocycles. The molecule has 6 nitrogen and oxygen atoms in total. The van der Waals surface area contributed by atoms with Crippen molar-refractivity contribution in [1.29, 1.82) is 0 Å². The van der Waals surface area contributed by atoms with E-state index in [2.05, 4.69) is 19.8 Å². The third kappa shape index (κ3) is 4.46. The Labute approximate surface area is 211 Å². The maximum absolute atomic E-state index is 14.3. The molecule has 2 N–H and O–H groups in total. The Hall–Kier alpha value is -3.04. The van der Waals surface area contributed by atoms with E-state index in [1.807, 2.05) is 23.9 Å². The van der Waals surface area contributed by atoms with Crippen LogP contribution in [0.2, 0.25) is 5.02 Å². The number of nitrogens with one attached hydrogen (secondary N) is 1. The van der Waals surface area contributed by atoms with Crippen LogP contribution in [0.15, 0.2) is 36.8 Å². The summed E-state index contributed by atoms with van der Waals surface area (Å²) >= 11 is 6.23. The van der Waals surface area contributed by atoms with Gasteiger partial charge in [-0.05, 0) is 56.4 Å². The summed E-state index contributed by atoms with van der Waals surface area (Å²) in [5.74, 6) is -1.45. The lowest BCUT2D eigenvalue weighted by Crippen LogP contribution is -2.22. The Balaban J connectivity index is 1.53. The van der Waals surface area contributed by atoms with Crippen LogP contribution in [0.1, 0.15) is 61.4 Å². The second kappa shape index (κ2) is 9.78. The molecule has 1 aliphatic rings. The van der Waals surface area contributed by atoms with Crippen LogP contribution in [-0.4, -0.2) is 37.6 Å².